The number of rotatable bonds is 6. The maximum Gasteiger partial charge on any atom is 0.256 e. The highest BCUT2D eigenvalue weighted by Crippen LogP contribution is 2.26. The van der Waals surface area contributed by atoms with Gasteiger partial charge in [-0.2, -0.15) is 0 Å². The molecule has 0 bridgehead atoms. The summed E-state index contributed by atoms with van der Waals surface area (Å²) < 4.78 is 19.1. The molecule has 0 aromatic heterocycles. The molecule has 23 heavy (non-hydrogen) atoms. The summed E-state index contributed by atoms with van der Waals surface area (Å²) in [6.45, 7) is 3.67. The second kappa shape index (κ2) is 7.27. The van der Waals surface area contributed by atoms with Gasteiger partial charge < -0.3 is 19.6 Å². The van der Waals surface area contributed by atoms with Crippen LogP contribution in [-0.4, -0.2) is 60.2 Å². The van der Waals surface area contributed by atoms with Crippen molar-refractivity contribution < 1.29 is 19.0 Å². The van der Waals surface area contributed by atoms with Crippen molar-refractivity contribution in [3.05, 3.63) is 29.6 Å². The number of benzene rings is 1. The summed E-state index contributed by atoms with van der Waals surface area (Å²) in [5.74, 6) is -0.156. The molecule has 1 aliphatic heterocycles. The highest BCUT2D eigenvalue weighted by molar-refractivity contribution is 5.86. The van der Waals surface area contributed by atoms with Crippen LogP contribution >= 0.6 is 0 Å². The van der Waals surface area contributed by atoms with Crippen molar-refractivity contribution in [1.29, 1.82) is 0 Å². The molecule has 6 heteroatoms. The van der Waals surface area contributed by atoms with Crippen LogP contribution in [0.25, 0.3) is 0 Å². The fraction of sp³-hybridized carbons (Fsp3) is 0.588. The molecule has 0 radical (unpaired) electrons. The van der Waals surface area contributed by atoms with Gasteiger partial charge in [0.1, 0.15) is 11.6 Å². The Morgan fingerprint density at radius 2 is 2.22 bits per heavy atom. The number of halogens is 1. The maximum atomic E-state index is 14.0. The lowest BCUT2D eigenvalue weighted by molar-refractivity contribution is -0.159. The van der Waals surface area contributed by atoms with Crippen LogP contribution in [0, 0.1) is 5.82 Å². The SMILES string of the molecule is CCN(C)CC1(O)CCCN(Cc2cc(OC)ccc2F)C1=O. The lowest BCUT2D eigenvalue weighted by atomic mass is 9.91. The van der Waals surface area contributed by atoms with Crippen LogP contribution < -0.4 is 4.74 Å². The number of carbonyl (C=O) groups excluding carboxylic acids is 1. The Morgan fingerprint density at radius 3 is 2.87 bits per heavy atom. The van der Waals surface area contributed by atoms with Gasteiger partial charge in [-0.25, -0.2) is 4.39 Å². The largest absolute Gasteiger partial charge is 0.497 e. The van der Waals surface area contributed by atoms with Crippen molar-refractivity contribution in [3.8, 4) is 5.75 Å². The van der Waals surface area contributed by atoms with Gasteiger partial charge in [-0.15, -0.1) is 0 Å². The summed E-state index contributed by atoms with van der Waals surface area (Å²) >= 11 is 0. The summed E-state index contributed by atoms with van der Waals surface area (Å²) in [7, 11) is 3.38. The average molecular weight is 324 g/mol. The van der Waals surface area contributed by atoms with E-state index in [-0.39, 0.29) is 18.3 Å². The lowest BCUT2D eigenvalue weighted by Crippen LogP contribution is -2.57. The first-order chi connectivity index (χ1) is 10.9. The van der Waals surface area contributed by atoms with E-state index in [9.17, 15) is 14.3 Å². The van der Waals surface area contributed by atoms with E-state index in [2.05, 4.69) is 0 Å². The van der Waals surface area contributed by atoms with Gasteiger partial charge in [-0.05, 0) is 44.6 Å². The molecule has 5 nitrogen and oxygen atoms in total. The summed E-state index contributed by atoms with van der Waals surface area (Å²) in [5.41, 5.74) is -0.996. The minimum absolute atomic E-state index is 0.139. The molecular formula is C17H25FN2O3. The first-order valence-electron chi connectivity index (χ1n) is 7.92. The summed E-state index contributed by atoms with van der Waals surface area (Å²) in [5, 5.41) is 10.7. The van der Waals surface area contributed by atoms with Crippen molar-refractivity contribution in [1.82, 2.24) is 9.80 Å². The molecule has 0 saturated carbocycles. The first-order valence-corrected chi connectivity index (χ1v) is 7.92. The number of likely N-dealkylation sites (tertiary alicyclic amines) is 1. The Morgan fingerprint density at radius 1 is 1.48 bits per heavy atom. The number of carbonyl (C=O) groups is 1. The van der Waals surface area contributed by atoms with Crippen LogP contribution in [0.3, 0.4) is 0 Å². The Hall–Kier alpha value is -1.66. The smallest absolute Gasteiger partial charge is 0.256 e. The van der Waals surface area contributed by atoms with Gasteiger partial charge in [0.15, 0.2) is 5.60 Å². The highest BCUT2D eigenvalue weighted by Gasteiger charge is 2.42. The number of hydrogen-bond donors (Lipinski definition) is 1. The zero-order valence-electron chi connectivity index (χ0n) is 14.0. The summed E-state index contributed by atoms with van der Waals surface area (Å²) in [4.78, 5) is 16.1. The molecule has 1 fully saturated rings. The molecule has 1 amide bonds. The minimum Gasteiger partial charge on any atom is -0.497 e. The maximum absolute atomic E-state index is 14.0. The van der Waals surface area contributed by atoms with Crippen molar-refractivity contribution in [2.24, 2.45) is 0 Å². The van der Waals surface area contributed by atoms with Gasteiger partial charge in [0, 0.05) is 25.2 Å². The van der Waals surface area contributed by atoms with E-state index < -0.39 is 5.60 Å². The number of likely N-dealkylation sites (N-methyl/N-ethyl adjacent to an activating group) is 1. The van der Waals surface area contributed by atoms with Crippen molar-refractivity contribution >= 4 is 5.91 Å². The van der Waals surface area contributed by atoms with Gasteiger partial charge in [-0.1, -0.05) is 6.92 Å². The molecule has 128 valence electrons. The van der Waals surface area contributed by atoms with Crippen LogP contribution in [0.1, 0.15) is 25.3 Å². The number of ether oxygens (including phenoxy) is 1. The normalized spacial score (nSPS) is 21.8. The van der Waals surface area contributed by atoms with Gasteiger partial charge >= 0.3 is 0 Å². The fourth-order valence-corrected chi connectivity index (χ4v) is 2.93. The van der Waals surface area contributed by atoms with Crippen LogP contribution in [0.15, 0.2) is 18.2 Å². The third-order valence-corrected chi connectivity index (χ3v) is 4.39. The predicted octanol–water partition coefficient (Wildman–Crippen LogP) is 1.64. The van der Waals surface area contributed by atoms with E-state index in [0.717, 1.165) is 6.54 Å². The second-order valence-corrected chi connectivity index (χ2v) is 6.15. The van der Waals surface area contributed by atoms with Crippen molar-refractivity contribution in [3.63, 3.8) is 0 Å². The molecule has 1 saturated heterocycles. The Bertz CT molecular complexity index is 567. The van der Waals surface area contributed by atoms with E-state index in [1.54, 1.807) is 12.1 Å². The molecule has 0 spiro atoms. The van der Waals surface area contributed by atoms with Gasteiger partial charge in [0.05, 0.1) is 7.11 Å². The average Bonchev–Trinajstić information content (AvgIpc) is 2.53. The van der Waals surface area contributed by atoms with E-state index >= 15 is 0 Å². The fourth-order valence-electron chi connectivity index (χ4n) is 2.93. The Balaban J connectivity index is 2.15. The molecule has 1 unspecified atom stereocenters. The first kappa shape index (κ1) is 17.7. The number of methoxy groups -OCH3 is 1. The molecule has 2 rings (SSSR count). The van der Waals surface area contributed by atoms with E-state index in [1.807, 2.05) is 18.9 Å². The number of amides is 1. The molecular weight excluding hydrogens is 299 g/mol. The van der Waals surface area contributed by atoms with Crippen LogP contribution in [-0.2, 0) is 11.3 Å². The highest BCUT2D eigenvalue weighted by atomic mass is 19.1. The predicted molar refractivity (Wildman–Crippen MR) is 85.7 cm³/mol. The van der Waals surface area contributed by atoms with Gasteiger partial charge in [0.25, 0.3) is 5.91 Å². The molecule has 1 aromatic rings. The van der Waals surface area contributed by atoms with E-state index in [0.29, 0.717) is 37.2 Å². The topological polar surface area (TPSA) is 53.0 Å². The van der Waals surface area contributed by atoms with Crippen molar-refractivity contribution in [2.45, 2.75) is 31.9 Å². The quantitative estimate of drug-likeness (QED) is 0.864. The summed E-state index contributed by atoms with van der Waals surface area (Å²) in [6.07, 6.45) is 1.14. The monoisotopic (exact) mass is 324 g/mol. The van der Waals surface area contributed by atoms with Crippen LogP contribution in [0.4, 0.5) is 4.39 Å². The Kier molecular flexibility index (Phi) is 5.59. The molecule has 1 N–H and O–H groups in total. The lowest BCUT2D eigenvalue weighted by Gasteiger charge is -2.40. The second-order valence-electron chi connectivity index (χ2n) is 6.15. The van der Waals surface area contributed by atoms with Crippen LogP contribution in [0.5, 0.6) is 5.75 Å². The summed E-state index contributed by atoms with van der Waals surface area (Å²) in [6, 6.07) is 4.47. The molecule has 1 aromatic carbocycles. The Labute approximate surface area is 136 Å². The number of hydrogen-bond acceptors (Lipinski definition) is 4. The minimum atomic E-state index is -1.39. The third-order valence-electron chi connectivity index (χ3n) is 4.39. The van der Waals surface area contributed by atoms with E-state index in [4.69, 9.17) is 4.74 Å². The van der Waals surface area contributed by atoms with Gasteiger partial charge in [0.2, 0.25) is 0 Å². The van der Waals surface area contributed by atoms with Gasteiger partial charge in [-0.3, -0.25) is 4.79 Å². The molecule has 0 aliphatic carbocycles. The zero-order chi connectivity index (χ0) is 17.0. The standard InChI is InChI=1S/C17H25FN2O3/c1-4-19(2)12-17(22)8-5-9-20(16(17)21)11-13-10-14(23-3)6-7-15(13)18/h6-7,10,22H,4-5,8-9,11-12H2,1-3H3. The van der Waals surface area contributed by atoms with Crippen LogP contribution in [0.2, 0.25) is 0 Å². The number of piperidine rings is 1. The third kappa shape index (κ3) is 4.00. The molecule has 1 aliphatic rings. The molecule has 1 atom stereocenters. The number of aliphatic hydroxyl groups is 1. The number of nitrogens with zero attached hydrogens (tertiary/aromatic N) is 2. The molecule has 1 heterocycles. The van der Waals surface area contributed by atoms with Crippen molar-refractivity contribution in [2.75, 3.05) is 33.8 Å². The van der Waals surface area contributed by atoms with E-state index in [1.165, 1.54) is 18.1 Å². The zero-order valence-corrected chi connectivity index (χ0v) is 14.0.